The standard InChI is InChI=1S/C27H31Cl3N2O9S/c1-25(2,3)40-23(35)31-16-20(32(24(36)41-27(28,29)30)39-17-18-8-6-5-7-9-18)14-15-26(31,22(33)34)19-10-12-21(13-11-19)42(4,37)38/h5-13,20H,14-17H2,1-4H3,(H,33,34)/t20-,26+/m1/s1. The second kappa shape index (κ2) is 12.8. The average Bonchev–Trinajstić information content (AvgIpc) is 2.86. The van der Waals surface area contributed by atoms with Crippen LogP contribution in [0.5, 0.6) is 0 Å². The van der Waals surface area contributed by atoms with Crippen molar-refractivity contribution in [2.24, 2.45) is 0 Å². The van der Waals surface area contributed by atoms with E-state index in [1.165, 1.54) is 24.3 Å². The van der Waals surface area contributed by atoms with Crippen molar-refractivity contribution in [3.05, 3.63) is 65.7 Å². The first kappa shape index (κ1) is 33.7. The van der Waals surface area contributed by atoms with E-state index in [0.717, 1.165) is 16.2 Å². The number of carbonyl (C=O) groups is 3. The molecular formula is C27H31Cl3N2O9S. The number of amides is 2. The molecule has 1 fully saturated rings. The Morgan fingerprint density at radius 3 is 2.12 bits per heavy atom. The smallest absolute Gasteiger partial charge is 0.437 e. The molecule has 0 saturated carbocycles. The van der Waals surface area contributed by atoms with Gasteiger partial charge in [0.15, 0.2) is 15.4 Å². The van der Waals surface area contributed by atoms with Gasteiger partial charge < -0.3 is 14.6 Å². The van der Waals surface area contributed by atoms with Crippen molar-refractivity contribution in [3.63, 3.8) is 0 Å². The minimum Gasteiger partial charge on any atom is -0.479 e. The van der Waals surface area contributed by atoms with Gasteiger partial charge in [0.1, 0.15) is 12.2 Å². The zero-order valence-corrected chi connectivity index (χ0v) is 26.3. The van der Waals surface area contributed by atoms with Crippen LogP contribution in [-0.2, 0) is 41.1 Å². The molecule has 15 heteroatoms. The average molecular weight is 666 g/mol. The monoisotopic (exact) mass is 664 g/mol. The zero-order valence-electron chi connectivity index (χ0n) is 23.3. The van der Waals surface area contributed by atoms with Crippen molar-refractivity contribution in [1.29, 1.82) is 0 Å². The summed E-state index contributed by atoms with van der Waals surface area (Å²) in [5.74, 6) is -1.39. The molecule has 0 aromatic heterocycles. The lowest BCUT2D eigenvalue weighted by molar-refractivity contribution is -0.191. The minimum atomic E-state index is -3.58. The lowest BCUT2D eigenvalue weighted by Crippen LogP contribution is -2.63. The predicted molar refractivity (Wildman–Crippen MR) is 155 cm³/mol. The number of hydrogen-bond donors (Lipinski definition) is 1. The number of benzene rings is 2. The Balaban J connectivity index is 2.06. The highest BCUT2D eigenvalue weighted by Gasteiger charge is 2.54. The first-order chi connectivity index (χ1) is 19.3. The fraction of sp³-hybridized carbons (Fsp3) is 0.444. The van der Waals surface area contributed by atoms with Crippen LogP contribution in [0, 0.1) is 0 Å². The van der Waals surface area contributed by atoms with E-state index >= 15 is 0 Å². The van der Waals surface area contributed by atoms with E-state index in [-0.39, 0.29) is 29.9 Å². The molecule has 0 unspecified atom stereocenters. The summed E-state index contributed by atoms with van der Waals surface area (Å²) in [6, 6.07) is 13.1. The highest BCUT2D eigenvalue weighted by atomic mass is 35.6. The number of nitrogens with zero attached hydrogens (tertiary/aromatic N) is 2. The normalized spacial score (nSPS) is 19.6. The Hall–Kier alpha value is -2.77. The molecule has 2 aromatic carbocycles. The molecule has 2 amide bonds. The molecule has 0 radical (unpaired) electrons. The Bertz CT molecular complexity index is 1390. The van der Waals surface area contributed by atoms with Crippen LogP contribution < -0.4 is 0 Å². The molecule has 1 heterocycles. The second-order valence-corrected chi connectivity index (χ2v) is 14.8. The van der Waals surface area contributed by atoms with E-state index in [4.69, 9.17) is 49.1 Å². The van der Waals surface area contributed by atoms with Gasteiger partial charge in [0.2, 0.25) is 0 Å². The zero-order chi connectivity index (χ0) is 31.5. The molecular weight excluding hydrogens is 635 g/mol. The van der Waals surface area contributed by atoms with E-state index in [9.17, 15) is 27.9 Å². The van der Waals surface area contributed by atoms with Gasteiger partial charge in [-0.05, 0) is 91.7 Å². The third kappa shape index (κ3) is 8.41. The van der Waals surface area contributed by atoms with Crippen molar-refractivity contribution < 1.29 is 42.2 Å². The van der Waals surface area contributed by atoms with Gasteiger partial charge in [0.25, 0.3) is 0 Å². The number of aliphatic carboxylic acids is 1. The van der Waals surface area contributed by atoms with Crippen LogP contribution >= 0.6 is 34.8 Å². The highest BCUT2D eigenvalue weighted by Crippen LogP contribution is 2.41. The minimum absolute atomic E-state index is 0.0107. The molecule has 230 valence electrons. The number of carboxylic acid groups (broad SMARTS) is 1. The number of carbonyl (C=O) groups excluding carboxylic acids is 2. The van der Waals surface area contributed by atoms with Crippen molar-refractivity contribution in [2.75, 3.05) is 12.8 Å². The van der Waals surface area contributed by atoms with Crippen LogP contribution in [0.1, 0.15) is 44.7 Å². The number of carboxylic acids is 1. The van der Waals surface area contributed by atoms with Crippen LogP contribution in [0.3, 0.4) is 0 Å². The summed E-state index contributed by atoms with van der Waals surface area (Å²) in [5, 5.41) is 11.4. The molecule has 1 N–H and O–H groups in total. The number of hydrogen-bond acceptors (Lipinski definition) is 8. The fourth-order valence-electron chi connectivity index (χ4n) is 4.50. The van der Waals surface area contributed by atoms with Gasteiger partial charge in [-0.3, -0.25) is 9.74 Å². The van der Waals surface area contributed by atoms with Gasteiger partial charge in [0.05, 0.1) is 10.9 Å². The summed E-state index contributed by atoms with van der Waals surface area (Å²) in [6.07, 6.45) is -1.38. The summed E-state index contributed by atoms with van der Waals surface area (Å²) in [6.45, 7) is 4.35. The van der Waals surface area contributed by atoms with Gasteiger partial charge in [-0.1, -0.05) is 42.5 Å². The molecule has 0 aliphatic carbocycles. The van der Waals surface area contributed by atoms with Gasteiger partial charge >= 0.3 is 22.1 Å². The Kier molecular flexibility index (Phi) is 10.3. The number of likely N-dealkylation sites (tertiary alicyclic amines) is 1. The lowest BCUT2D eigenvalue weighted by atomic mass is 9.79. The number of hydroxylamine groups is 2. The van der Waals surface area contributed by atoms with E-state index in [0.29, 0.717) is 5.56 Å². The third-order valence-corrected chi connectivity index (χ3v) is 7.71. The molecule has 0 bridgehead atoms. The van der Waals surface area contributed by atoms with Crippen LogP contribution in [0.25, 0.3) is 0 Å². The summed E-state index contributed by atoms with van der Waals surface area (Å²) >= 11 is 17.1. The molecule has 11 nitrogen and oxygen atoms in total. The molecule has 42 heavy (non-hydrogen) atoms. The quantitative estimate of drug-likeness (QED) is 0.293. The number of ether oxygens (including phenoxy) is 2. The topological polar surface area (TPSA) is 140 Å². The van der Waals surface area contributed by atoms with Crippen molar-refractivity contribution in [3.8, 4) is 0 Å². The van der Waals surface area contributed by atoms with E-state index < -0.39 is 55.7 Å². The van der Waals surface area contributed by atoms with Gasteiger partial charge in [-0.15, -0.1) is 0 Å². The summed E-state index contributed by atoms with van der Waals surface area (Å²) in [5.41, 5.74) is -2.17. The first-order valence-corrected chi connectivity index (χ1v) is 15.7. The summed E-state index contributed by atoms with van der Waals surface area (Å²) < 4.78 is 32.1. The third-order valence-electron chi connectivity index (χ3n) is 6.35. The molecule has 1 aliphatic rings. The van der Waals surface area contributed by atoms with Crippen molar-refractivity contribution >= 4 is 62.8 Å². The second-order valence-electron chi connectivity index (χ2n) is 10.6. The number of sulfone groups is 1. The van der Waals surface area contributed by atoms with Gasteiger partial charge in [-0.25, -0.2) is 22.8 Å². The Morgan fingerprint density at radius 1 is 1.02 bits per heavy atom. The SMILES string of the molecule is CC(C)(C)OC(=O)N1C[C@H](N(OCc2ccccc2)C(=O)OC(Cl)(Cl)Cl)CC[C@@]1(C(=O)O)c1ccc(S(C)(=O)=O)cc1. The van der Waals surface area contributed by atoms with Gasteiger partial charge in [0, 0.05) is 12.8 Å². The van der Waals surface area contributed by atoms with E-state index in [1.54, 1.807) is 51.1 Å². The Labute approximate surface area is 259 Å². The van der Waals surface area contributed by atoms with Crippen molar-refractivity contribution in [1.82, 2.24) is 9.96 Å². The maximum absolute atomic E-state index is 13.6. The summed E-state index contributed by atoms with van der Waals surface area (Å²) in [7, 11) is -3.58. The Morgan fingerprint density at radius 2 is 1.62 bits per heavy atom. The molecule has 1 saturated heterocycles. The van der Waals surface area contributed by atoms with Crippen LogP contribution in [0.2, 0.25) is 0 Å². The fourth-order valence-corrected chi connectivity index (χ4v) is 5.33. The van der Waals surface area contributed by atoms with Crippen LogP contribution in [0.15, 0.2) is 59.5 Å². The number of halogens is 3. The molecule has 1 aliphatic heterocycles. The highest BCUT2D eigenvalue weighted by molar-refractivity contribution is 7.90. The first-order valence-electron chi connectivity index (χ1n) is 12.6. The van der Waals surface area contributed by atoms with Crippen LogP contribution in [0.4, 0.5) is 9.59 Å². The predicted octanol–water partition coefficient (Wildman–Crippen LogP) is 5.67. The van der Waals surface area contributed by atoms with E-state index in [2.05, 4.69) is 0 Å². The largest absolute Gasteiger partial charge is 0.479 e. The van der Waals surface area contributed by atoms with Gasteiger partial charge in [-0.2, -0.15) is 5.06 Å². The maximum atomic E-state index is 13.6. The maximum Gasteiger partial charge on any atom is 0.437 e. The molecule has 2 atom stereocenters. The van der Waals surface area contributed by atoms with E-state index in [1.807, 2.05) is 0 Å². The lowest BCUT2D eigenvalue weighted by Gasteiger charge is -2.48. The van der Waals surface area contributed by atoms with Crippen LogP contribution in [-0.4, -0.2) is 70.1 Å². The molecule has 0 spiro atoms. The number of rotatable bonds is 7. The summed E-state index contributed by atoms with van der Waals surface area (Å²) in [4.78, 5) is 46.4. The molecule has 2 aromatic rings. The van der Waals surface area contributed by atoms with Crippen molar-refractivity contribution in [2.45, 2.75) is 66.3 Å². The number of alkyl halides is 3. The number of piperidine rings is 1. The molecule has 3 rings (SSSR count).